The normalized spacial score (nSPS) is 24.5. The van der Waals surface area contributed by atoms with Crippen LogP contribution in [0.2, 0.25) is 0 Å². The third-order valence-corrected chi connectivity index (χ3v) is 3.49. The summed E-state index contributed by atoms with van der Waals surface area (Å²) in [4.78, 5) is 23.1. The average molecular weight is 285 g/mol. The SMILES string of the molecule is CC(=O)C1=CC(c2ccc(C#N)cc2)CC(O)(C(C)=O)O1. The molecule has 0 spiro atoms. The van der Waals surface area contributed by atoms with Crippen molar-refractivity contribution in [1.82, 2.24) is 0 Å². The van der Waals surface area contributed by atoms with E-state index in [4.69, 9.17) is 10.00 Å². The molecule has 0 saturated heterocycles. The molecule has 1 aromatic carbocycles. The van der Waals surface area contributed by atoms with Gasteiger partial charge in [0.15, 0.2) is 11.5 Å². The van der Waals surface area contributed by atoms with Crippen LogP contribution in [0.25, 0.3) is 0 Å². The first-order chi connectivity index (χ1) is 9.85. The summed E-state index contributed by atoms with van der Waals surface area (Å²) < 4.78 is 5.16. The lowest BCUT2D eigenvalue weighted by Gasteiger charge is -2.34. The number of rotatable bonds is 3. The molecule has 1 aliphatic heterocycles. The van der Waals surface area contributed by atoms with Gasteiger partial charge < -0.3 is 9.84 Å². The van der Waals surface area contributed by atoms with E-state index in [0.717, 1.165) is 5.56 Å². The van der Waals surface area contributed by atoms with Crippen LogP contribution in [0.5, 0.6) is 0 Å². The Balaban J connectivity index is 2.41. The van der Waals surface area contributed by atoms with Gasteiger partial charge in [-0.3, -0.25) is 9.59 Å². The molecule has 2 atom stereocenters. The molecule has 0 bridgehead atoms. The van der Waals surface area contributed by atoms with E-state index >= 15 is 0 Å². The highest BCUT2D eigenvalue weighted by Gasteiger charge is 2.42. The van der Waals surface area contributed by atoms with Crippen molar-refractivity contribution in [3.63, 3.8) is 0 Å². The lowest BCUT2D eigenvalue weighted by Crippen LogP contribution is -2.44. The van der Waals surface area contributed by atoms with Gasteiger partial charge in [0, 0.05) is 26.2 Å². The molecule has 21 heavy (non-hydrogen) atoms. The second-order valence-corrected chi connectivity index (χ2v) is 5.07. The van der Waals surface area contributed by atoms with E-state index < -0.39 is 11.6 Å². The number of benzene rings is 1. The maximum atomic E-state index is 11.6. The predicted octanol–water partition coefficient (Wildman–Crippen LogP) is 1.81. The highest BCUT2D eigenvalue weighted by molar-refractivity contribution is 5.93. The van der Waals surface area contributed by atoms with Gasteiger partial charge in [0.2, 0.25) is 5.78 Å². The number of Topliss-reactive ketones (excluding diaryl/α,β-unsaturated/α-hetero) is 2. The Kier molecular flexibility index (Phi) is 3.92. The standard InChI is InChI=1S/C16H15NO4/c1-10(18)15-7-14(8-16(20,21-15)11(2)19)13-5-3-12(9-17)4-6-13/h3-7,14,20H,8H2,1-2H3. The molecular weight excluding hydrogens is 270 g/mol. The van der Waals surface area contributed by atoms with Crippen molar-refractivity contribution < 1.29 is 19.4 Å². The third-order valence-electron chi connectivity index (χ3n) is 3.49. The van der Waals surface area contributed by atoms with Crippen LogP contribution in [0.15, 0.2) is 36.1 Å². The maximum Gasteiger partial charge on any atom is 0.268 e. The Morgan fingerprint density at radius 2 is 1.95 bits per heavy atom. The highest BCUT2D eigenvalue weighted by Crippen LogP contribution is 2.36. The molecule has 5 nitrogen and oxygen atoms in total. The van der Waals surface area contributed by atoms with Gasteiger partial charge in [-0.2, -0.15) is 5.26 Å². The summed E-state index contributed by atoms with van der Waals surface area (Å²) in [7, 11) is 0. The molecule has 0 aromatic heterocycles. The first-order valence-corrected chi connectivity index (χ1v) is 6.51. The number of nitrogens with zero attached hydrogens (tertiary/aromatic N) is 1. The van der Waals surface area contributed by atoms with Crippen molar-refractivity contribution in [3.8, 4) is 6.07 Å². The molecule has 0 saturated carbocycles. The highest BCUT2D eigenvalue weighted by atomic mass is 16.6. The number of aliphatic hydroxyl groups is 1. The number of ketones is 2. The van der Waals surface area contributed by atoms with Crippen LogP contribution in [-0.2, 0) is 14.3 Å². The fourth-order valence-corrected chi connectivity index (χ4v) is 2.22. The number of ether oxygens (including phenoxy) is 1. The van der Waals surface area contributed by atoms with Gasteiger partial charge >= 0.3 is 0 Å². The molecule has 1 N–H and O–H groups in total. The fourth-order valence-electron chi connectivity index (χ4n) is 2.22. The molecular formula is C16H15NO4. The fraction of sp³-hybridized carbons (Fsp3) is 0.312. The van der Waals surface area contributed by atoms with Gasteiger partial charge in [0.1, 0.15) is 0 Å². The van der Waals surface area contributed by atoms with Crippen LogP contribution in [0.1, 0.15) is 37.3 Å². The second kappa shape index (κ2) is 5.51. The second-order valence-electron chi connectivity index (χ2n) is 5.07. The zero-order valence-corrected chi connectivity index (χ0v) is 11.8. The van der Waals surface area contributed by atoms with Gasteiger partial charge in [-0.25, -0.2) is 0 Å². The topological polar surface area (TPSA) is 87.4 Å². The average Bonchev–Trinajstić information content (AvgIpc) is 2.46. The quantitative estimate of drug-likeness (QED) is 0.915. The number of carbonyl (C=O) groups is 2. The van der Waals surface area contributed by atoms with Crippen LogP contribution in [0, 0.1) is 11.3 Å². The van der Waals surface area contributed by atoms with E-state index in [9.17, 15) is 14.7 Å². The van der Waals surface area contributed by atoms with E-state index in [-0.39, 0.29) is 23.9 Å². The summed E-state index contributed by atoms with van der Waals surface area (Å²) in [6.45, 7) is 2.53. The minimum atomic E-state index is -1.99. The van der Waals surface area contributed by atoms with Gasteiger partial charge in [0.25, 0.3) is 5.79 Å². The lowest BCUT2D eigenvalue weighted by molar-refractivity contribution is -0.196. The Bertz CT molecular complexity index is 654. The number of nitriles is 1. The minimum absolute atomic E-state index is 0.0201. The van der Waals surface area contributed by atoms with Crippen LogP contribution >= 0.6 is 0 Å². The van der Waals surface area contributed by atoms with Crippen LogP contribution < -0.4 is 0 Å². The molecule has 1 aliphatic rings. The van der Waals surface area contributed by atoms with Crippen molar-refractivity contribution in [2.45, 2.75) is 32.0 Å². The molecule has 1 aromatic rings. The van der Waals surface area contributed by atoms with Crippen molar-refractivity contribution in [3.05, 3.63) is 47.2 Å². The van der Waals surface area contributed by atoms with E-state index in [1.165, 1.54) is 13.8 Å². The summed E-state index contributed by atoms with van der Waals surface area (Å²) in [6.07, 6.45) is 1.63. The van der Waals surface area contributed by atoms with Gasteiger partial charge in [0.05, 0.1) is 11.6 Å². The van der Waals surface area contributed by atoms with Crippen molar-refractivity contribution in [1.29, 1.82) is 5.26 Å². The summed E-state index contributed by atoms with van der Waals surface area (Å²) in [5.41, 5.74) is 1.32. The van der Waals surface area contributed by atoms with E-state index in [1.807, 2.05) is 6.07 Å². The Labute approximate surface area is 122 Å². The molecule has 0 radical (unpaired) electrons. The smallest absolute Gasteiger partial charge is 0.268 e. The number of allylic oxidation sites excluding steroid dienone is 2. The first kappa shape index (κ1) is 14.9. The van der Waals surface area contributed by atoms with Crippen LogP contribution in [-0.4, -0.2) is 22.5 Å². The zero-order chi connectivity index (χ0) is 15.6. The molecule has 2 rings (SSSR count). The number of hydrogen-bond donors (Lipinski definition) is 1. The first-order valence-electron chi connectivity index (χ1n) is 6.51. The van der Waals surface area contributed by atoms with Crippen molar-refractivity contribution >= 4 is 11.6 Å². The summed E-state index contributed by atoms with van der Waals surface area (Å²) in [6, 6.07) is 8.80. The molecule has 1 heterocycles. The zero-order valence-electron chi connectivity index (χ0n) is 11.8. The Morgan fingerprint density at radius 1 is 1.33 bits per heavy atom. The molecule has 2 unspecified atom stereocenters. The summed E-state index contributed by atoms with van der Waals surface area (Å²) in [5, 5.41) is 19.1. The Hall–Kier alpha value is -2.45. The Morgan fingerprint density at radius 3 is 2.43 bits per heavy atom. The monoisotopic (exact) mass is 285 g/mol. The van der Waals surface area contributed by atoms with Crippen molar-refractivity contribution in [2.75, 3.05) is 0 Å². The van der Waals surface area contributed by atoms with E-state index in [1.54, 1.807) is 30.3 Å². The number of hydrogen-bond acceptors (Lipinski definition) is 5. The van der Waals surface area contributed by atoms with Gasteiger partial charge in [-0.05, 0) is 23.8 Å². The van der Waals surface area contributed by atoms with Crippen molar-refractivity contribution in [2.24, 2.45) is 0 Å². The lowest BCUT2D eigenvalue weighted by atomic mass is 9.87. The minimum Gasteiger partial charge on any atom is -0.452 e. The van der Waals surface area contributed by atoms with Gasteiger partial charge in [-0.1, -0.05) is 12.1 Å². The molecule has 0 amide bonds. The third kappa shape index (κ3) is 3.01. The molecule has 5 heteroatoms. The molecule has 108 valence electrons. The van der Waals surface area contributed by atoms with Gasteiger partial charge in [-0.15, -0.1) is 0 Å². The van der Waals surface area contributed by atoms with Crippen LogP contribution in [0.4, 0.5) is 0 Å². The largest absolute Gasteiger partial charge is 0.452 e. The predicted molar refractivity (Wildman–Crippen MR) is 74.0 cm³/mol. The summed E-state index contributed by atoms with van der Waals surface area (Å²) in [5.74, 6) is -3.25. The maximum absolute atomic E-state index is 11.6. The molecule has 0 fully saturated rings. The van der Waals surface area contributed by atoms with E-state index in [0.29, 0.717) is 5.56 Å². The van der Waals surface area contributed by atoms with Crippen LogP contribution in [0.3, 0.4) is 0 Å². The summed E-state index contributed by atoms with van der Waals surface area (Å²) >= 11 is 0. The van der Waals surface area contributed by atoms with E-state index in [2.05, 4.69) is 0 Å². The molecule has 0 aliphatic carbocycles. The number of carbonyl (C=O) groups excluding carboxylic acids is 2.